The molecule has 1 aromatic carbocycles. The molecule has 2 rings (SSSR count). The second-order valence-corrected chi connectivity index (χ2v) is 4.94. The Kier molecular flexibility index (Phi) is 4.54. The van der Waals surface area contributed by atoms with Gasteiger partial charge < -0.3 is 10.2 Å². The Morgan fingerprint density at radius 1 is 1.29 bits per heavy atom. The van der Waals surface area contributed by atoms with Crippen molar-refractivity contribution in [2.75, 3.05) is 14.1 Å². The van der Waals surface area contributed by atoms with Crippen molar-refractivity contribution in [3.05, 3.63) is 35.9 Å². The lowest BCUT2D eigenvalue weighted by Crippen LogP contribution is -2.68. The van der Waals surface area contributed by atoms with Gasteiger partial charge in [0.15, 0.2) is 0 Å². The standard InChI is InChI=1S/C14H17N3O4/c1-17(2)14(20)11-10(12(18)15-11)13(19)16-21-8-9-6-4-3-5-7-9/h3-7,10-11H,8H2,1-2H3,(H,15,18)(H,16,19). The van der Waals surface area contributed by atoms with E-state index in [-0.39, 0.29) is 12.5 Å². The number of nitrogens with zero attached hydrogens (tertiary/aromatic N) is 1. The minimum Gasteiger partial charge on any atom is -0.347 e. The number of carbonyl (C=O) groups excluding carboxylic acids is 3. The molecule has 0 saturated carbocycles. The van der Waals surface area contributed by atoms with Gasteiger partial charge in [-0.05, 0) is 5.56 Å². The number of benzene rings is 1. The van der Waals surface area contributed by atoms with Gasteiger partial charge in [-0.3, -0.25) is 19.2 Å². The molecule has 1 fully saturated rings. The van der Waals surface area contributed by atoms with Crippen LogP contribution in [0.15, 0.2) is 30.3 Å². The summed E-state index contributed by atoms with van der Waals surface area (Å²) in [7, 11) is 3.13. The summed E-state index contributed by atoms with van der Waals surface area (Å²) < 4.78 is 0. The number of amides is 3. The van der Waals surface area contributed by atoms with Gasteiger partial charge in [-0.1, -0.05) is 30.3 Å². The van der Waals surface area contributed by atoms with Crippen LogP contribution in [-0.4, -0.2) is 42.8 Å². The summed E-state index contributed by atoms with van der Waals surface area (Å²) in [6, 6.07) is 8.45. The summed E-state index contributed by atoms with van der Waals surface area (Å²) in [5, 5.41) is 2.42. The lowest BCUT2D eigenvalue weighted by atomic mass is 9.89. The van der Waals surface area contributed by atoms with Crippen molar-refractivity contribution >= 4 is 17.7 Å². The van der Waals surface area contributed by atoms with Crippen molar-refractivity contribution in [3.63, 3.8) is 0 Å². The molecule has 7 nitrogen and oxygen atoms in total. The summed E-state index contributed by atoms with van der Waals surface area (Å²) in [5.74, 6) is -2.46. The number of hydroxylamine groups is 1. The molecule has 1 aliphatic rings. The maximum Gasteiger partial charge on any atom is 0.258 e. The summed E-state index contributed by atoms with van der Waals surface area (Å²) in [6.45, 7) is 0.188. The van der Waals surface area contributed by atoms with Crippen LogP contribution in [0.4, 0.5) is 0 Å². The Morgan fingerprint density at radius 3 is 2.52 bits per heavy atom. The predicted molar refractivity (Wildman–Crippen MR) is 73.5 cm³/mol. The molecule has 0 aromatic heterocycles. The third-order valence-corrected chi connectivity index (χ3v) is 3.16. The largest absolute Gasteiger partial charge is 0.347 e. The summed E-state index contributed by atoms with van der Waals surface area (Å²) in [4.78, 5) is 41.5. The van der Waals surface area contributed by atoms with Gasteiger partial charge in [-0.25, -0.2) is 5.48 Å². The van der Waals surface area contributed by atoms with Crippen molar-refractivity contribution in [1.29, 1.82) is 0 Å². The Balaban J connectivity index is 1.85. The lowest BCUT2D eigenvalue weighted by molar-refractivity contribution is -0.158. The van der Waals surface area contributed by atoms with E-state index in [2.05, 4.69) is 10.8 Å². The van der Waals surface area contributed by atoms with Crippen LogP contribution >= 0.6 is 0 Å². The van der Waals surface area contributed by atoms with Gasteiger partial charge in [0.05, 0.1) is 6.61 Å². The highest BCUT2D eigenvalue weighted by molar-refractivity contribution is 6.11. The van der Waals surface area contributed by atoms with Crippen LogP contribution in [-0.2, 0) is 25.8 Å². The fourth-order valence-electron chi connectivity index (χ4n) is 1.96. The second kappa shape index (κ2) is 6.36. The van der Waals surface area contributed by atoms with Gasteiger partial charge in [0.2, 0.25) is 11.8 Å². The third kappa shape index (κ3) is 3.38. The Labute approximate surface area is 122 Å². The van der Waals surface area contributed by atoms with Gasteiger partial charge >= 0.3 is 0 Å². The van der Waals surface area contributed by atoms with E-state index in [1.54, 1.807) is 14.1 Å². The van der Waals surface area contributed by atoms with Gasteiger partial charge in [0, 0.05) is 14.1 Å². The molecule has 0 radical (unpaired) electrons. The van der Waals surface area contributed by atoms with E-state index >= 15 is 0 Å². The maximum absolute atomic E-state index is 11.9. The third-order valence-electron chi connectivity index (χ3n) is 3.16. The molecular weight excluding hydrogens is 274 g/mol. The molecule has 0 bridgehead atoms. The number of nitrogens with one attached hydrogen (secondary N) is 2. The summed E-state index contributed by atoms with van der Waals surface area (Å²) in [6.07, 6.45) is 0. The average Bonchev–Trinajstić information content (AvgIpc) is 2.44. The van der Waals surface area contributed by atoms with Crippen LogP contribution in [0.3, 0.4) is 0 Å². The molecule has 7 heteroatoms. The van der Waals surface area contributed by atoms with Crippen LogP contribution in [0.2, 0.25) is 0 Å². The number of likely N-dealkylation sites (N-methyl/N-ethyl adjacent to an activating group) is 1. The minimum absolute atomic E-state index is 0.188. The van der Waals surface area contributed by atoms with Gasteiger partial charge in [0.1, 0.15) is 12.0 Å². The summed E-state index contributed by atoms with van der Waals surface area (Å²) >= 11 is 0. The molecule has 3 amide bonds. The topological polar surface area (TPSA) is 87.7 Å². The van der Waals surface area contributed by atoms with Crippen molar-refractivity contribution in [1.82, 2.24) is 15.7 Å². The molecule has 1 aromatic rings. The van der Waals surface area contributed by atoms with E-state index in [9.17, 15) is 14.4 Å². The molecule has 2 unspecified atom stereocenters. The number of hydrogen-bond donors (Lipinski definition) is 2. The van der Waals surface area contributed by atoms with Crippen molar-refractivity contribution in [2.24, 2.45) is 5.92 Å². The van der Waals surface area contributed by atoms with Gasteiger partial charge in [-0.2, -0.15) is 0 Å². The van der Waals surface area contributed by atoms with E-state index in [0.29, 0.717) is 0 Å². The molecule has 21 heavy (non-hydrogen) atoms. The molecule has 0 aliphatic carbocycles. The zero-order valence-electron chi connectivity index (χ0n) is 11.8. The van der Waals surface area contributed by atoms with Crippen LogP contribution in [0.25, 0.3) is 0 Å². The highest BCUT2D eigenvalue weighted by atomic mass is 16.6. The van der Waals surface area contributed by atoms with Crippen molar-refractivity contribution < 1.29 is 19.2 Å². The SMILES string of the molecule is CN(C)C(=O)C1NC(=O)C1C(=O)NOCc1ccccc1. The van der Waals surface area contributed by atoms with Gasteiger partial charge in [-0.15, -0.1) is 0 Å². The zero-order chi connectivity index (χ0) is 15.4. The molecule has 1 aliphatic heterocycles. The molecule has 1 saturated heterocycles. The number of rotatable bonds is 5. The molecule has 0 spiro atoms. The van der Waals surface area contributed by atoms with Crippen molar-refractivity contribution in [3.8, 4) is 0 Å². The lowest BCUT2D eigenvalue weighted by Gasteiger charge is -2.35. The number of hydrogen-bond acceptors (Lipinski definition) is 4. The highest BCUT2D eigenvalue weighted by Crippen LogP contribution is 2.17. The number of β-lactam (4-membered cyclic amide) rings is 1. The monoisotopic (exact) mass is 291 g/mol. The first-order valence-electron chi connectivity index (χ1n) is 6.48. The quantitative estimate of drug-likeness (QED) is 0.432. The van der Waals surface area contributed by atoms with Crippen LogP contribution in [0.1, 0.15) is 5.56 Å². The molecule has 2 atom stereocenters. The van der Waals surface area contributed by atoms with E-state index in [4.69, 9.17) is 4.84 Å². The Bertz CT molecular complexity index is 544. The fourth-order valence-corrected chi connectivity index (χ4v) is 1.96. The Hall–Kier alpha value is -2.41. The maximum atomic E-state index is 11.9. The predicted octanol–water partition coefficient (Wildman–Crippen LogP) is -0.563. The first-order valence-corrected chi connectivity index (χ1v) is 6.48. The average molecular weight is 291 g/mol. The first kappa shape index (κ1) is 15.0. The van der Waals surface area contributed by atoms with E-state index in [0.717, 1.165) is 5.56 Å². The minimum atomic E-state index is -1.05. The van der Waals surface area contributed by atoms with Crippen LogP contribution in [0.5, 0.6) is 0 Å². The molecular formula is C14H17N3O4. The zero-order valence-corrected chi connectivity index (χ0v) is 11.8. The van der Waals surface area contributed by atoms with E-state index < -0.39 is 23.8 Å². The number of carbonyl (C=O) groups is 3. The molecule has 112 valence electrons. The molecule has 1 heterocycles. The van der Waals surface area contributed by atoms with E-state index in [1.165, 1.54) is 4.90 Å². The highest BCUT2D eigenvalue weighted by Gasteiger charge is 2.49. The van der Waals surface area contributed by atoms with Crippen molar-refractivity contribution in [2.45, 2.75) is 12.6 Å². The van der Waals surface area contributed by atoms with Gasteiger partial charge in [0.25, 0.3) is 5.91 Å². The first-order chi connectivity index (χ1) is 10.0. The summed E-state index contributed by atoms with van der Waals surface area (Å²) in [5.41, 5.74) is 3.10. The Morgan fingerprint density at radius 2 is 1.95 bits per heavy atom. The van der Waals surface area contributed by atoms with E-state index in [1.807, 2.05) is 30.3 Å². The smallest absolute Gasteiger partial charge is 0.258 e. The normalized spacial score (nSPS) is 20.2. The van der Waals surface area contributed by atoms with Crippen LogP contribution < -0.4 is 10.8 Å². The van der Waals surface area contributed by atoms with Crippen LogP contribution in [0, 0.1) is 5.92 Å². The molecule has 2 N–H and O–H groups in total. The second-order valence-electron chi connectivity index (χ2n) is 4.94. The fraction of sp³-hybridized carbons (Fsp3) is 0.357.